The van der Waals surface area contributed by atoms with E-state index in [-0.39, 0.29) is 5.92 Å². The van der Waals surface area contributed by atoms with Crippen LogP contribution in [0.15, 0.2) is 0 Å². The van der Waals surface area contributed by atoms with Crippen LogP contribution in [0.2, 0.25) is 0 Å². The molecule has 4 heteroatoms. The Morgan fingerprint density at radius 1 is 1.36 bits per heavy atom. The monoisotopic (exact) mass is 163 g/mol. The van der Waals surface area contributed by atoms with Crippen molar-refractivity contribution < 1.29 is 14.6 Å². The van der Waals surface area contributed by atoms with Gasteiger partial charge < -0.3 is 15.5 Å². The quantitative estimate of drug-likeness (QED) is 0.504. The number of aliphatic hydroxyl groups is 2. The number of hydrogen-bond acceptors (Lipinski definition) is 3. The lowest BCUT2D eigenvalue weighted by atomic mass is 9.92. The van der Waals surface area contributed by atoms with Gasteiger partial charge in [-0.05, 0) is 6.42 Å². The van der Waals surface area contributed by atoms with Crippen molar-refractivity contribution >= 4 is 0 Å². The molecule has 3 unspecified atom stereocenters. The number of hydrogen-bond donors (Lipinski definition) is 3. The van der Waals surface area contributed by atoms with Crippen LogP contribution < -0.4 is 5.32 Å². The first-order chi connectivity index (χ1) is 5.25. The van der Waals surface area contributed by atoms with E-state index in [1.165, 1.54) is 0 Å². The van der Waals surface area contributed by atoms with E-state index in [2.05, 4.69) is 5.32 Å². The van der Waals surface area contributed by atoms with Gasteiger partial charge in [-0.2, -0.15) is 0 Å². The molecule has 0 bridgehead atoms. The molecule has 1 heterocycles. The zero-order valence-electron chi connectivity index (χ0n) is 6.33. The minimum Gasteiger partial charge on any atom is -0.390 e. The number of β-amino-alcohol motifs (C(OH)–C–C–N with tert-alkyl or cyclic N) is 1. The van der Waals surface area contributed by atoms with Gasteiger partial charge in [-0.15, -0.1) is 0 Å². The summed E-state index contributed by atoms with van der Waals surface area (Å²) in [6, 6.07) is 0. The third-order valence-corrected chi connectivity index (χ3v) is 2.12. The predicted octanol–water partition coefficient (Wildman–Crippen LogP) is -0.713. The Morgan fingerprint density at radius 3 is 2.73 bits per heavy atom. The highest BCUT2D eigenvalue weighted by atomic mass is 19.1. The number of aliphatic hydroxyl groups excluding tert-OH is 2. The van der Waals surface area contributed by atoms with Crippen molar-refractivity contribution in [1.82, 2.24) is 5.32 Å². The maximum absolute atomic E-state index is 11.9. The molecule has 11 heavy (non-hydrogen) atoms. The van der Waals surface area contributed by atoms with E-state index in [0.29, 0.717) is 19.5 Å². The van der Waals surface area contributed by atoms with Crippen molar-refractivity contribution in [2.45, 2.75) is 18.6 Å². The molecule has 1 aliphatic heterocycles. The third kappa shape index (κ3) is 2.12. The molecule has 3 atom stereocenters. The van der Waals surface area contributed by atoms with E-state index < -0.39 is 18.9 Å². The van der Waals surface area contributed by atoms with Crippen molar-refractivity contribution in [3.8, 4) is 0 Å². The van der Waals surface area contributed by atoms with Crippen LogP contribution in [0.25, 0.3) is 0 Å². The molecule has 3 N–H and O–H groups in total. The highest BCUT2D eigenvalue weighted by Gasteiger charge is 2.29. The Bertz CT molecular complexity index is 121. The minimum atomic E-state index is -0.757. The summed E-state index contributed by atoms with van der Waals surface area (Å²) in [4.78, 5) is 0. The van der Waals surface area contributed by atoms with Crippen LogP contribution in [-0.4, -0.2) is 42.2 Å². The molecule has 0 saturated carbocycles. The second kappa shape index (κ2) is 3.99. The third-order valence-electron chi connectivity index (χ3n) is 2.12. The van der Waals surface area contributed by atoms with Crippen LogP contribution in [0.4, 0.5) is 4.39 Å². The van der Waals surface area contributed by atoms with Gasteiger partial charge >= 0.3 is 0 Å². The first-order valence-electron chi connectivity index (χ1n) is 3.88. The van der Waals surface area contributed by atoms with Gasteiger partial charge in [0.25, 0.3) is 0 Å². The van der Waals surface area contributed by atoms with Crippen LogP contribution in [-0.2, 0) is 0 Å². The minimum absolute atomic E-state index is 0.135. The van der Waals surface area contributed by atoms with E-state index in [1.54, 1.807) is 0 Å². The lowest BCUT2D eigenvalue weighted by molar-refractivity contribution is -0.0382. The second-order valence-electron chi connectivity index (χ2n) is 2.95. The summed E-state index contributed by atoms with van der Waals surface area (Å²) in [6.45, 7) is 0.572. The first-order valence-corrected chi connectivity index (χ1v) is 3.88. The van der Waals surface area contributed by atoms with Crippen LogP contribution in [0.1, 0.15) is 6.42 Å². The molecule has 1 saturated heterocycles. The molecule has 0 aliphatic carbocycles. The fourth-order valence-corrected chi connectivity index (χ4v) is 1.39. The lowest BCUT2D eigenvalue weighted by Crippen LogP contribution is -2.50. The van der Waals surface area contributed by atoms with Crippen molar-refractivity contribution in [3.05, 3.63) is 0 Å². The van der Waals surface area contributed by atoms with E-state index in [1.807, 2.05) is 0 Å². The highest BCUT2D eigenvalue weighted by molar-refractivity contribution is 4.83. The SMILES string of the molecule is OC1CNCC(CCF)C1O. The largest absolute Gasteiger partial charge is 0.390 e. The summed E-state index contributed by atoms with van der Waals surface area (Å²) in [5.74, 6) is -0.135. The standard InChI is InChI=1S/C7H14FNO2/c8-2-1-5-3-9-4-6(10)7(5)11/h5-7,9-11H,1-4H2. The topological polar surface area (TPSA) is 52.5 Å². The molecule has 0 amide bonds. The van der Waals surface area contributed by atoms with Crippen molar-refractivity contribution in [2.75, 3.05) is 19.8 Å². The van der Waals surface area contributed by atoms with E-state index in [9.17, 15) is 9.50 Å². The second-order valence-corrected chi connectivity index (χ2v) is 2.95. The molecule has 1 aliphatic rings. The Hall–Kier alpha value is -0.190. The van der Waals surface area contributed by atoms with Crippen LogP contribution in [0.5, 0.6) is 0 Å². The fraction of sp³-hybridized carbons (Fsp3) is 1.00. The average molecular weight is 163 g/mol. The smallest absolute Gasteiger partial charge is 0.0926 e. The number of rotatable bonds is 2. The molecular weight excluding hydrogens is 149 g/mol. The molecule has 1 fully saturated rings. The normalized spacial score (nSPS) is 39.0. The van der Waals surface area contributed by atoms with Gasteiger partial charge in [-0.1, -0.05) is 0 Å². The predicted molar refractivity (Wildman–Crippen MR) is 39.0 cm³/mol. The first kappa shape index (κ1) is 8.90. The summed E-state index contributed by atoms with van der Waals surface area (Å²) in [5.41, 5.74) is 0. The van der Waals surface area contributed by atoms with Gasteiger partial charge in [0.1, 0.15) is 0 Å². The molecule has 0 radical (unpaired) electrons. The molecule has 3 nitrogen and oxygen atoms in total. The van der Waals surface area contributed by atoms with Crippen molar-refractivity contribution in [1.29, 1.82) is 0 Å². The number of alkyl halides is 1. The number of halogens is 1. The molecule has 0 spiro atoms. The summed E-state index contributed by atoms with van der Waals surface area (Å²) < 4.78 is 11.9. The summed E-state index contributed by atoms with van der Waals surface area (Å²) in [6.07, 6.45) is -1.17. The van der Waals surface area contributed by atoms with E-state index in [4.69, 9.17) is 5.11 Å². The summed E-state index contributed by atoms with van der Waals surface area (Å²) >= 11 is 0. The van der Waals surface area contributed by atoms with Gasteiger partial charge in [0.2, 0.25) is 0 Å². The van der Waals surface area contributed by atoms with E-state index >= 15 is 0 Å². The lowest BCUT2D eigenvalue weighted by Gasteiger charge is -2.31. The van der Waals surface area contributed by atoms with E-state index in [0.717, 1.165) is 0 Å². The molecular formula is C7H14FNO2. The molecule has 0 aromatic rings. The molecule has 66 valence electrons. The van der Waals surface area contributed by atoms with Gasteiger partial charge in [-0.25, -0.2) is 0 Å². The fourth-order valence-electron chi connectivity index (χ4n) is 1.39. The average Bonchev–Trinajstić information content (AvgIpc) is 1.99. The molecule has 1 rings (SSSR count). The summed E-state index contributed by atoms with van der Waals surface area (Å²) in [7, 11) is 0. The highest BCUT2D eigenvalue weighted by Crippen LogP contribution is 2.15. The maximum Gasteiger partial charge on any atom is 0.0926 e. The van der Waals surface area contributed by atoms with Crippen LogP contribution >= 0.6 is 0 Å². The zero-order chi connectivity index (χ0) is 8.27. The van der Waals surface area contributed by atoms with Gasteiger partial charge in [-0.3, -0.25) is 4.39 Å². The summed E-state index contributed by atoms with van der Waals surface area (Å²) in [5, 5.41) is 21.4. The van der Waals surface area contributed by atoms with Crippen molar-refractivity contribution in [2.24, 2.45) is 5.92 Å². The number of piperidine rings is 1. The van der Waals surface area contributed by atoms with Gasteiger partial charge in [0.15, 0.2) is 0 Å². The van der Waals surface area contributed by atoms with Crippen molar-refractivity contribution in [3.63, 3.8) is 0 Å². The van der Waals surface area contributed by atoms with Crippen LogP contribution in [0, 0.1) is 5.92 Å². The zero-order valence-corrected chi connectivity index (χ0v) is 6.33. The Kier molecular flexibility index (Phi) is 3.23. The number of nitrogens with one attached hydrogen (secondary N) is 1. The molecule has 0 aromatic carbocycles. The molecule has 0 aromatic heterocycles. The van der Waals surface area contributed by atoms with Gasteiger partial charge in [0.05, 0.1) is 18.9 Å². The Labute approximate surface area is 65.2 Å². The van der Waals surface area contributed by atoms with Crippen LogP contribution in [0.3, 0.4) is 0 Å². The maximum atomic E-state index is 11.9. The Balaban J connectivity index is 2.38. The van der Waals surface area contributed by atoms with Gasteiger partial charge in [0, 0.05) is 19.0 Å². The Morgan fingerprint density at radius 2 is 2.09 bits per heavy atom.